The summed E-state index contributed by atoms with van der Waals surface area (Å²) >= 11 is 0. The largest absolute Gasteiger partial charge is 0.304 e. The Morgan fingerprint density at radius 3 is 2.47 bits per heavy atom. The van der Waals surface area contributed by atoms with Gasteiger partial charge in [0.15, 0.2) is 0 Å². The SMILES string of the molecule is Cc1cccc(C2=NN(C(=O)CN3CCN(C)CC3)[C@H](c3cc(C)ccc3C)C2)c1. The number of carbonyl (C=O) groups excluding carboxylic acids is 1. The molecule has 0 unspecified atom stereocenters. The Kier molecular flexibility index (Phi) is 6.02. The molecule has 0 aromatic heterocycles. The van der Waals surface area contributed by atoms with Crippen molar-refractivity contribution in [3.63, 3.8) is 0 Å². The summed E-state index contributed by atoms with van der Waals surface area (Å²) in [6.07, 6.45) is 0.752. The lowest BCUT2D eigenvalue weighted by atomic mass is 9.93. The van der Waals surface area contributed by atoms with Crippen LogP contribution < -0.4 is 0 Å². The fourth-order valence-electron chi connectivity index (χ4n) is 4.37. The minimum Gasteiger partial charge on any atom is -0.304 e. The van der Waals surface area contributed by atoms with Crippen LogP contribution in [0.2, 0.25) is 0 Å². The summed E-state index contributed by atoms with van der Waals surface area (Å²) in [5.41, 5.74) is 6.94. The predicted octanol–water partition coefficient (Wildman–Crippen LogP) is 3.54. The molecule has 5 heteroatoms. The van der Waals surface area contributed by atoms with Crippen LogP contribution in [0.3, 0.4) is 0 Å². The molecule has 0 bridgehead atoms. The maximum atomic E-state index is 13.4. The first-order chi connectivity index (χ1) is 14.4. The van der Waals surface area contributed by atoms with E-state index in [-0.39, 0.29) is 11.9 Å². The Labute approximate surface area is 180 Å². The van der Waals surface area contributed by atoms with Crippen molar-refractivity contribution in [1.29, 1.82) is 0 Å². The average Bonchev–Trinajstić information content (AvgIpc) is 3.17. The maximum Gasteiger partial charge on any atom is 0.257 e. The molecule has 2 aromatic rings. The minimum absolute atomic E-state index is 0.0413. The molecule has 1 atom stereocenters. The molecule has 30 heavy (non-hydrogen) atoms. The summed E-state index contributed by atoms with van der Waals surface area (Å²) in [6.45, 7) is 10.6. The number of likely N-dealkylation sites (N-methyl/N-ethyl adjacent to an activating group) is 1. The van der Waals surface area contributed by atoms with Crippen LogP contribution in [0.25, 0.3) is 0 Å². The normalized spacial score (nSPS) is 20.5. The number of piperazine rings is 1. The molecular formula is C25H32N4O. The lowest BCUT2D eigenvalue weighted by Crippen LogP contribution is -2.48. The van der Waals surface area contributed by atoms with Crippen LogP contribution >= 0.6 is 0 Å². The molecule has 2 heterocycles. The number of benzene rings is 2. The number of hydrogen-bond acceptors (Lipinski definition) is 4. The molecule has 2 aliphatic heterocycles. The highest BCUT2D eigenvalue weighted by molar-refractivity contribution is 6.03. The summed E-state index contributed by atoms with van der Waals surface area (Å²) in [5, 5.41) is 6.63. The molecule has 0 radical (unpaired) electrons. The number of rotatable bonds is 4. The molecule has 1 saturated heterocycles. The molecule has 0 aliphatic carbocycles. The van der Waals surface area contributed by atoms with Gasteiger partial charge >= 0.3 is 0 Å². The zero-order chi connectivity index (χ0) is 21.3. The third-order valence-electron chi connectivity index (χ3n) is 6.27. The average molecular weight is 405 g/mol. The Balaban J connectivity index is 1.63. The van der Waals surface area contributed by atoms with Gasteiger partial charge in [0.05, 0.1) is 18.3 Å². The van der Waals surface area contributed by atoms with Crippen molar-refractivity contribution in [3.05, 3.63) is 70.3 Å². The Bertz CT molecular complexity index is 959. The molecule has 0 saturated carbocycles. The van der Waals surface area contributed by atoms with Crippen molar-refractivity contribution < 1.29 is 4.79 Å². The fourth-order valence-corrected chi connectivity index (χ4v) is 4.37. The van der Waals surface area contributed by atoms with E-state index in [9.17, 15) is 4.79 Å². The van der Waals surface area contributed by atoms with E-state index in [1.807, 2.05) is 0 Å². The highest BCUT2D eigenvalue weighted by Crippen LogP contribution is 2.35. The summed E-state index contributed by atoms with van der Waals surface area (Å²) < 4.78 is 0. The van der Waals surface area contributed by atoms with Crippen LogP contribution in [-0.2, 0) is 4.79 Å². The molecule has 4 rings (SSSR count). The van der Waals surface area contributed by atoms with E-state index in [0.717, 1.165) is 43.9 Å². The Hall–Kier alpha value is -2.50. The van der Waals surface area contributed by atoms with Crippen LogP contribution in [0.15, 0.2) is 47.6 Å². The predicted molar refractivity (Wildman–Crippen MR) is 122 cm³/mol. The summed E-state index contributed by atoms with van der Waals surface area (Å²) in [7, 11) is 2.13. The van der Waals surface area contributed by atoms with Gasteiger partial charge < -0.3 is 4.90 Å². The Morgan fingerprint density at radius 1 is 1.00 bits per heavy atom. The van der Waals surface area contributed by atoms with Crippen LogP contribution in [-0.4, -0.2) is 66.2 Å². The van der Waals surface area contributed by atoms with Crippen molar-refractivity contribution in [2.45, 2.75) is 33.2 Å². The highest BCUT2D eigenvalue weighted by Gasteiger charge is 2.34. The van der Waals surface area contributed by atoms with Crippen molar-refractivity contribution >= 4 is 11.6 Å². The van der Waals surface area contributed by atoms with E-state index >= 15 is 0 Å². The third kappa shape index (κ3) is 4.47. The molecule has 158 valence electrons. The van der Waals surface area contributed by atoms with E-state index < -0.39 is 0 Å². The Morgan fingerprint density at radius 2 is 1.73 bits per heavy atom. The molecule has 2 aliphatic rings. The zero-order valence-electron chi connectivity index (χ0n) is 18.6. The van der Waals surface area contributed by atoms with Crippen molar-refractivity contribution in [1.82, 2.24) is 14.8 Å². The van der Waals surface area contributed by atoms with E-state index in [2.05, 4.69) is 80.1 Å². The molecule has 5 nitrogen and oxygen atoms in total. The van der Waals surface area contributed by atoms with Gasteiger partial charge in [0.2, 0.25) is 0 Å². The minimum atomic E-state index is -0.0413. The first-order valence-corrected chi connectivity index (χ1v) is 10.9. The van der Waals surface area contributed by atoms with Gasteiger partial charge in [-0.15, -0.1) is 0 Å². The lowest BCUT2D eigenvalue weighted by molar-refractivity contribution is -0.134. The van der Waals surface area contributed by atoms with E-state index in [1.54, 1.807) is 5.01 Å². The topological polar surface area (TPSA) is 39.2 Å². The van der Waals surface area contributed by atoms with Gasteiger partial charge in [0.25, 0.3) is 5.91 Å². The number of carbonyl (C=O) groups is 1. The van der Waals surface area contributed by atoms with Crippen LogP contribution in [0.1, 0.15) is 40.3 Å². The molecular weight excluding hydrogens is 372 g/mol. The van der Waals surface area contributed by atoms with Crippen molar-refractivity contribution in [2.75, 3.05) is 39.8 Å². The fraction of sp³-hybridized carbons (Fsp3) is 0.440. The van der Waals surface area contributed by atoms with Crippen LogP contribution in [0.4, 0.5) is 0 Å². The van der Waals surface area contributed by atoms with E-state index in [4.69, 9.17) is 5.10 Å². The lowest BCUT2D eigenvalue weighted by Gasteiger charge is -2.33. The van der Waals surface area contributed by atoms with Gasteiger partial charge in [-0.1, -0.05) is 53.6 Å². The number of amides is 1. The summed E-state index contributed by atoms with van der Waals surface area (Å²) in [5.74, 6) is 0.0908. The maximum absolute atomic E-state index is 13.4. The summed E-state index contributed by atoms with van der Waals surface area (Å²) in [6, 6.07) is 14.9. The van der Waals surface area contributed by atoms with E-state index in [0.29, 0.717) is 6.54 Å². The van der Waals surface area contributed by atoms with Gasteiger partial charge in [0.1, 0.15) is 0 Å². The van der Waals surface area contributed by atoms with Crippen molar-refractivity contribution in [3.8, 4) is 0 Å². The first kappa shape index (κ1) is 20.8. The van der Waals surface area contributed by atoms with Crippen molar-refractivity contribution in [2.24, 2.45) is 5.10 Å². The standard InChI is InChI=1S/C25H32N4O/c1-18-6-5-7-21(14-18)23-16-24(22-15-19(2)8-9-20(22)3)29(26-23)25(30)17-28-12-10-27(4)11-13-28/h5-9,14-15,24H,10-13,16-17H2,1-4H3/t24-/m0/s1. The monoisotopic (exact) mass is 404 g/mol. The first-order valence-electron chi connectivity index (χ1n) is 10.9. The van der Waals surface area contributed by atoms with Crippen LogP contribution in [0, 0.1) is 20.8 Å². The van der Waals surface area contributed by atoms with Gasteiger partial charge in [-0.2, -0.15) is 5.10 Å². The number of hydrazone groups is 1. The van der Waals surface area contributed by atoms with Gasteiger partial charge in [-0.05, 0) is 44.5 Å². The molecule has 1 fully saturated rings. The van der Waals surface area contributed by atoms with Crippen LogP contribution in [0.5, 0.6) is 0 Å². The smallest absolute Gasteiger partial charge is 0.257 e. The third-order valence-corrected chi connectivity index (χ3v) is 6.27. The quantitative estimate of drug-likeness (QED) is 0.783. The van der Waals surface area contributed by atoms with E-state index in [1.165, 1.54) is 22.3 Å². The molecule has 0 spiro atoms. The molecule has 1 amide bonds. The number of hydrogen-bond donors (Lipinski definition) is 0. The van der Waals surface area contributed by atoms with Gasteiger partial charge in [0, 0.05) is 32.6 Å². The second kappa shape index (κ2) is 8.70. The summed E-state index contributed by atoms with van der Waals surface area (Å²) in [4.78, 5) is 17.9. The molecule has 2 aromatic carbocycles. The van der Waals surface area contributed by atoms with Gasteiger partial charge in [-0.3, -0.25) is 9.69 Å². The van der Waals surface area contributed by atoms with Gasteiger partial charge in [-0.25, -0.2) is 5.01 Å². The second-order valence-electron chi connectivity index (χ2n) is 8.81. The number of nitrogens with zero attached hydrogens (tertiary/aromatic N) is 4. The highest BCUT2D eigenvalue weighted by atomic mass is 16.2. The molecule has 0 N–H and O–H groups in total. The number of aryl methyl sites for hydroxylation is 3. The second-order valence-corrected chi connectivity index (χ2v) is 8.81. The zero-order valence-corrected chi connectivity index (χ0v) is 18.6.